The molecule has 1 amide bonds. The van der Waals surface area contributed by atoms with Gasteiger partial charge in [-0.05, 0) is 54.6 Å². The normalized spacial score (nSPS) is 11.4. The zero-order valence-corrected chi connectivity index (χ0v) is 23.9. The third-order valence-corrected chi connectivity index (χ3v) is 8.71. The lowest BCUT2D eigenvalue weighted by atomic mass is 10.0. The first kappa shape index (κ1) is 29.1. The average molecular weight is 622 g/mol. The number of benzene rings is 4. The van der Waals surface area contributed by atoms with Crippen LogP contribution in [-0.4, -0.2) is 31.0 Å². The van der Waals surface area contributed by atoms with Crippen molar-refractivity contribution in [3.8, 4) is 0 Å². The highest BCUT2D eigenvalue weighted by Gasteiger charge is 2.29. The second-order valence-corrected chi connectivity index (χ2v) is 12.0. The third kappa shape index (κ3) is 7.00. The molecule has 0 spiro atoms. The first-order valence-electron chi connectivity index (χ1n) is 11.4. The van der Waals surface area contributed by atoms with E-state index in [0.29, 0.717) is 21.2 Å². The maximum absolute atomic E-state index is 13.6. The summed E-state index contributed by atoms with van der Waals surface area (Å²) in [6, 6.07) is 23.3. The van der Waals surface area contributed by atoms with Gasteiger partial charge in [0.15, 0.2) is 5.78 Å². The molecule has 0 heterocycles. The summed E-state index contributed by atoms with van der Waals surface area (Å²) in [4.78, 5) is 26.3. The Morgan fingerprint density at radius 1 is 0.744 bits per heavy atom. The Hall–Kier alpha value is -2.91. The van der Waals surface area contributed by atoms with Gasteiger partial charge < -0.3 is 5.32 Å². The lowest BCUT2D eigenvalue weighted by Gasteiger charge is -2.23. The minimum Gasteiger partial charge on any atom is -0.324 e. The molecule has 0 saturated heterocycles. The summed E-state index contributed by atoms with van der Waals surface area (Å²) in [5, 5.41) is 3.79. The van der Waals surface area contributed by atoms with Crippen LogP contribution in [0.5, 0.6) is 0 Å². The van der Waals surface area contributed by atoms with Gasteiger partial charge in [-0.3, -0.25) is 9.59 Å². The highest BCUT2D eigenvalue weighted by Crippen LogP contribution is 2.29. The van der Waals surface area contributed by atoms with Crippen molar-refractivity contribution in [3.05, 3.63) is 128 Å². The Morgan fingerprint density at radius 3 is 2.00 bits per heavy atom. The molecule has 11 heteroatoms. The smallest absolute Gasteiger partial charge is 0.243 e. The van der Waals surface area contributed by atoms with Crippen LogP contribution in [0.3, 0.4) is 0 Å². The Labute approximate surface area is 246 Å². The van der Waals surface area contributed by atoms with E-state index >= 15 is 0 Å². The molecule has 0 unspecified atom stereocenters. The predicted octanol–water partition coefficient (Wildman–Crippen LogP) is 7.36. The molecule has 4 aromatic carbocycles. The molecule has 0 aliphatic carbocycles. The van der Waals surface area contributed by atoms with Crippen molar-refractivity contribution in [2.24, 2.45) is 0 Å². The van der Waals surface area contributed by atoms with Crippen LogP contribution in [0.25, 0.3) is 0 Å². The van der Waals surface area contributed by atoms with E-state index in [1.807, 2.05) is 0 Å². The largest absolute Gasteiger partial charge is 0.324 e. The molecule has 0 saturated carbocycles. The maximum atomic E-state index is 13.6. The summed E-state index contributed by atoms with van der Waals surface area (Å²) in [6.07, 6.45) is 0. The van der Waals surface area contributed by atoms with Gasteiger partial charge in [0, 0.05) is 43.3 Å². The van der Waals surface area contributed by atoms with Crippen molar-refractivity contribution in [2.75, 3.05) is 11.9 Å². The molecule has 4 rings (SSSR count). The van der Waals surface area contributed by atoms with Gasteiger partial charge in [0.05, 0.1) is 17.1 Å². The molecule has 0 bridgehead atoms. The van der Waals surface area contributed by atoms with Crippen LogP contribution in [0, 0.1) is 0 Å². The van der Waals surface area contributed by atoms with E-state index in [2.05, 4.69) is 5.32 Å². The fourth-order valence-electron chi connectivity index (χ4n) is 3.75. The molecular weight excluding hydrogens is 602 g/mol. The predicted molar refractivity (Wildman–Crippen MR) is 155 cm³/mol. The van der Waals surface area contributed by atoms with E-state index in [1.165, 1.54) is 42.5 Å². The van der Waals surface area contributed by atoms with Gasteiger partial charge in [-0.25, -0.2) is 8.42 Å². The maximum Gasteiger partial charge on any atom is 0.243 e. The minimum absolute atomic E-state index is 0.0747. The topological polar surface area (TPSA) is 83.6 Å². The average Bonchev–Trinajstić information content (AvgIpc) is 2.91. The fourth-order valence-corrected chi connectivity index (χ4v) is 5.93. The van der Waals surface area contributed by atoms with Crippen molar-refractivity contribution in [2.45, 2.75) is 11.4 Å². The molecule has 0 atom stereocenters. The number of halogens is 4. The highest BCUT2D eigenvalue weighted by atomic mass is 35.5. The van der Waals surface area contributed by atoms with E-state index < -0.39 is 22.5 Å². The summed E-state index contributed by atoms with van der Waals surface area (Å²) in [7, 11) is -4.20. The molecule has 4 aromatic rings. The van der Waals surface area contributed by atoms with Crippen molar-refractivity contribution in [1.82, 2.24) is 4.31 Å². The van der Waals surface area contributed by atoms with Gasteiger partial charge in [0.2, 0.25) is 15.9 Å². The van der Waals surface area contributed by atoms with Crippen molar-refractivity contribution < 1.29 is 18.0 Å². The highest BCUT2D eigenvalue weighted by molar-refractivity contribution is 7.89. The number of sulfonamides is 1. The van der Waals surface area contributed by atoms with Gasteiger partial charge in [0.1, 0.15) is 0 Å². The molecule has 6 nitrogen and oxygen atoms in total. The zero-order valence-electron chi connectivity index (χ0n) is 20.1. The van der Waals surface area contributed by atoms with Crippen molar-refractivity contribution >= 4 is 73.8 Å². The molecule has 0 fully saturated rings. The number of anilines is 1. The lowest BCUT2D eigenvalue weighted by Crippen LogP contribution is -2.38. The number of amides is 1. The molecule has 0 aliphatic heterocycles. The van der Waals surface area contributed by atoms with Gasteiger partial charge >= 0.3 is 0 Å². The first-order chi connectivity index (χ1) is 18.6. The van der Waals surface area contributed by atoms with Crippen LogP contribution in [0.1, 0.15) is 21.5 Å². The van der Waals surface area contributed by atoms with Gasteiger partial charge in [-0.1, -0.05) is 82.8 Å². The number of carbonyl (C=O) groups is 2. The monoisotopic (exact) mass is 620 g/mol. The molecule has 0 aliphatic rings. The van der Waals surface area contributed by atoms with E-state index in [1.54, 1.807) is 48.5 Å². The zero-order chi connectivity index (χ0) is 28.2. The quantitative estimate of drug-likeness (QED) is 0.198. The Kier molecular flexibility index (Phi) is 9.33. The van der Waals surface area contributed by atoms with Crippen molar-refractivity contribution in [1.29, 1.82) is 0 Å². The van der Waals surface area contributed by atoms with Crippen LogP contribution < -0.4 is 5.32 Å². The summed E-state index contributed by atoms with van der Waals surface area (Å²) in [5.74, 6) is -1.05. The molecular formula is C28H20Cl4N2O4S. The Bertz CT molecular complexity index is 1610. The summed E-state index contributed by atoms with van der Waals surface area (Å²) in [6.45, 7) is -0.887. The third-order valence-electron chi connectivity index (χ3n) is 5.70. The molecule has 1 N–H and O–H groups in total. The van der Waals surface area contributed by atoms with Crippen LogP contribution in [0.15, 0.2) is 95.9 Å². The van der Waals surface area contributed by atoms with Gasteiger partial charge in [-0.2, -0.15) is 4.31 Å². The number of nitrogens with one attached hydrogen (secondary N) is 1. The van der Waals surface area contributed by atoms with Gasteiger partial charge in [-0.15, -0.1) is 0 Å². The second-order valence-electron chi connectivity index (χ2n) is 8.36. The van der Waals surface area contributed by atoms with Crippen molar-refractivity contribution in [3.63, 3.8) is 0 Å². The van der Waals surface area contributed by atoms with Crippen LogP contribution in [-0.2, 0) is 21.4 Å². The number of rotatable bonds is 9. The molecule has 0 aromatic heterocycles. The summed E-state index contributed by atoms with van der Waals surface area (Å²) in [5.41, 5.74) is 1.06. The van der Waals surface area contributed by atoms with E-state index in [-0.39, 0.29) is 38.5 Å². The molecule has 200 valence electrons. The Balaban J connectivity index is 1.67. The SMILES string of the molecule is O=C(CN(Cc1c(Cl)cccc1Cl)S(=O)(=O)c1ccc(Cl)cc1)Nc1ccc(Cl)cc1C(=O)c1ccccc1. The second kappa shape index (κ2) is 12.5. The first-order valence-corrected chi connectivity index (χ1v) is 14.4. The van der Waals surface area contributed by atoms with E-state index in [0.717, 1.165) is 4.31 Å². The van der Waals surface area contributed by atoms with E-state index in [9.17, 15) is 18.0 Å². The van der Waals surface area contributed by atoms with Crippen LogP contribution >= 0.6 is 46.4 Å². The number of hydrogen-bond donors (Lipinski definition) is 1. The number of hydrogen-bond acceptors (Lipinski definition) is 4. The Morgan fingerprint density at radius 2 is 1.36 bits per heavy atom. The minimum atomic E-state index is -4.20. The fraction of sp³-hybridized carbons (Fsp3) is 0.0714. The summed E-state index contributed by atoms with van der Waals surface area (Å²) < 4.78 is 28.2. The number of ketones is 1. The lowest BCUT2D eigenvalue weighted by molar-refractivity contribution is -0.116. The number of carbonyl (C=O) groups excluding carboxylic acids is 2. The van der Waals surface area contributed by atoms with Crippen LogP contribution in [0.4, 0.5) is 5.69 Å². The number of nitrogens with zero attached hydrogens (tertiary/aromatic N) is 1. The molecule has 0 radical (unpaired) electrons. The summed E-state index contributed by atoms with van der Waals surface area (Å²) >= 11 is 24.7. The molecule has 39 heavy (non-hydrogen) atoms. The van der Waals surface area contributed by atoms with Crippen LogP contribution in [0.2, 0.25) is 20.1 Å². The van der Waals surface area contributed by atoms with Gasteiger partial charge in [0.25, 0.3) is 0 Å². The standard InChI is InChI=1S/C28H20Cl4N2O4S/c29-19-9-12-21(13-10-19)39(37,38)34(16-23-24(31)7-4-8-25(23)32)17-27(35)33-26-14-11-20(30)15-22(26)28(36)18-5-2-1-3-6-18/h1-15H,16-17H2,(H,33,35). The van der Waals surface area contributed by atoms with E-state index in [4.69, 9.17) is 46.4 Å².